The monoisotopic (exact) mass is 441 g/mol. The van der Waals surface area contributed by atoms with Crippen LogP contribution in [0.15, 0.2) is 79.1 Å². The van der Waals surface area contributed by atoms with Gasteiger partial charge >= 0.3 is 0 Å². The van der Waals surface area contributed by atoms with Crippen LogP contribution in [0.4, 0.5) is 4.39 Å². The molecule has 2 aromatic carbocycles. The van der Waals surface area contributed by atoms with Crippen molar-refractivity contribution in [2.24, 2.45) is 0 Å². The fourth-order valence-electron chi connectivity index (χ4n) is 2.40. The van der Waals surface area contributed by atoms with Crippen molar-refractivity contribution in [3.63, 3.8) is 0 Å². The fourth-order valence-corrected chi connectivity index (χ4v) is 2.40. The molecule has 0 fully saturated rings. The summed E-state index contributed by atoms with van der Waals surface area (Å²) in [5.74, 6) is -0.178. The minimum absolute atomic E-state index is 0. The number of aromatic nitrogens is 1. The van der Waals surface area contributed by atoms with E-state index in [1.54, 1.807) is 30.6 Å². The number of rotatable bonds is 1. The van der Waals surface area contributed by atoms with Gasteiger partial charge in [-0.05, 0) is 41.8 Å². The fraction of sp³-hybridized carbons (Fsp3) is 0.190. The van der Waals surface area contributed by atoms with E-state index >= 15 is 0 Å². The first-order valence-electron chi connectivity index (χ1n) is 8.43. The molecule has 0 aliphatic carbocycles. The van der Waals surface area contributed by atoms with E-state index in [1.165, 1.54) is 28.3 Å². The van der Waals surface area contributed by atoms with E-state index in [1.807, 2.05) is 24.3 Å². The molecule has 4 rings (SSSR count). The normalized spacial score (nSPS) is 12.3. The average molecular weight is 441 g/mol. The predicted octanol–water partition coefficient (Wildman–Crippen LogP) is 4.89. The number of hydrogen-bond donors (Lipinski definition) is 1. The molecule has 0 spiro atoms. The van der Waals surface area contributed by atoms with Crippen molar-refractivity contribution in [1.82, 2.24) is 10.0 Å². The largest absolute Gasteiger partial charge is 0.674 e. The third-order valence-corrected chi connectivity index (χ3v) is 3.80. The standard InChI is InChI=1S/C9H11NO.C6H5F.C6H7N2.Y/c11-10-6-5-8-3-1-2-4-9(8)7-10;7-6-4-2-1-3-5-6;7-5-6-1-3-8-4-2-6;/h1-4,11H,5-7H2;1-5H;1-4,7H,5H2;/q;;-1;. The second-order valence-corrected chi connectivity index (χ2v) is 5.73. The summed E-state index contributed by atoms with van der Waals surface area (Å²) in [6, 6.07) is 19.9. The van der Waals surface area contributed by atoms with Crippen LogP contribution in [0.1, 0.15) is 16.7 Å². The summed E-state index contributed by atoms with van der Waals surface area (Å²) in [7, 11) is 0. The SMILES string of the molecule is Fc1ccccc1.ON1CCc2ccccc2C1.[NH-]Cc1ccncc1.[Y]. The van der Waals surface area contributed by atoms with Crippen molar-refractivity contribution in [3.05, 3.63) is 107 Å². The van der Waals surface area contributed by atoms with Crippen molar-refractivity contribution in [2.45, 2.75) is 19.5 Å². The van der Waals surface area contributed by atoms with Gasteiger partial charge in [-0.1, -0.05) is 48.0 Å². The Hall–Kier alpha value is -1.50. The average Bonchev–Trinajstić information content (AvgIpc) is 2.70. The van der Waals surface area contributed by atoms with Crippen molar-refractivity contribution < 1.29 is 42.3 Å². The summed E-state index contributed by atoms with van der Waals surface area (Å²) in [5.41, 5.74) is 10.6. The number of hydroxylamine groups is 2. The van der Waals surface area contributed by atoms with Gasteiger partial charge in [0.15, 0.2) is 0 Å². The second-order valence-electron chi connectivity index (χ2n) is 5.73. The molecule has 139 valence electrons. The third-order valence-electron chi connectivity index (χ3n) is 3.80. The van der Waals surface area contributed by atoms with E-state index < -0.39 is 0 Å². The first-order chi connectivity index (χ1) is 12.7. The van der Waals surface area contributed by atoms with Crippen LogP contribution in [-0.2, 0) is 52.2 Å². The minimum atomic E-state index is -0.178. The molecule has 27 heavy (non-hydrogen) atoms. The number of halogens is 1. The van der Waals surface area contributed by atoms with Crippen LogP contribution in [0, 0.1) is 5.82 Å². The van der Waals surface area contributed by atoms with Crippen molar-refractivity contribution >= 4 is 0 Å². The zero-order valence-corrected chi connectivity index (χ0v) is 18.0. The van der Waals surface area contributed by atoms with Crippen molar-refractivity contribution in [1.29, 1.82) is 0 Å². The molecule has 0 atom stereocenters. The molecule has 3 aromatic rings. The first-order valence-corrected chi connectivity index (χ1v) is 8.43. The number of fused-ring (bicyclic) bond motifs is 1. The van der Waals surface area contributed by atoms with Crippen molar-refractivity contribution in [2.75, 3.05) is 6.54 Å². The maximum Gasteiger partial charge on any atom is 0.123 e. The molecule has 0 saturated carbocycles. The van der Waals surface area contributed by atoms with E-state index in [-0.39, 0.29) is 38.5 Å². The molecule has 0 saturated heterocycles. The van der Waals surface area contributed by atoms with Gasteiger partial charge in [0.05, 0.1) is 0 Å². The van der Waals surface area contributed by atoms with Gasteiger partial charge in [0, 0.05) is 58.2 Å². The summed E-state index contributed by atoms with van der Waals surface area (Å²) in [6.07, 6.45) is 4.36. The summed E-state index contributed by atoms with van der Waals surface area (Å²) in [6.45, 7) is 1.79. The van der Waals surface area contributed by atoms with Crippen LogP contribution in [0.25, 0.3) is 5.73 Å². The molecule has 1 radical (unpaired) electrons. The Balaban J connectivity index is 0.000000205. The predicted molar refractivity (Wildman–Crippen MR) is 101 cm³/mol. The van der Waals surface area contributed by atoms with Gasteiger partial charge in [-0.25, -0.2) is 4.39 Å². The Morgan fingerprint density at radius 2 is 1.52 bits per heavy atom. The molecule has 4 nitrogen and oxygen atoms in total. The molecule has 2 heterocycles. The number of pyridine rings is 1. The van der Waals surface area contributed by atoms with Crippen LogP contribution in [0.2, 0.25) is 0 Å². The Labute approximate surface area is 185 Å². The zero-order valence-electron chi connectivity index (χ0n) is 15.1. The second kappa shape index (κ2) is 13.6. The number of hydrogen-bond acceptors (Lipinski definition) is 3. The Morgan fingerprint density at radius 1 is 0.926 bits per heavy atom. The third kappa shape index (κ3) is 9.31. The smallest absolute Gasteiger partial charge is 0.123 e. The van der Waals surface area contributed by atoms with Crippen LogP contribution in [-0.4, -0.2) is 21.8 Å². The van der Waals surface area contributed by atoms with Crippen LogP contribution < -0.4 is 0 Å². The van der Waals surface area contributed by atoms with Gasteiger partial charge in [-0.3, -0.25) is 4.98 Å². The van der Waals surface area contributed by atoms with Gasteiger partial charge in [0.25, 0.3) is 0 Å². The van der Waals surface area contributed by atoms with Gasteiger partial charge in [-0.2, -0.15) is 5.06 Å². The maximum absolute atomic E-state index is 11.9. The topological polar surface area (TPSA) is 60.2 Å². The molecule has 1 aliphatic heterocycles. The summed E-state index contributed by atoms with van der Waals surface area (Å²) in [4.78, 5) is 3.81. The van der Waals surface area contributed by atoms with E-state index in [4.69, 9.17) is 5.73 Å². The molecule has 1 aliphatic rings. The molecule has 0 amide bonds. The van der Waals surface area contributed by atoms with Crippen LogP contribution in [0.5, 0.6) is 0 Å². The van der Waals surface area contributed by atoms with Crippen molar-refractivity contribution in [3.8, 4) is 0 Å². The Kier molecular flexibility index (Phi) is 11.9. The molecule has 0 unspecified atom stereocenters. The van der Waals surface area contributed by atoms with E-state index in [2.05, 4.69) is 17.1 Å². The number of nitrogens with zero attached hydrogens (tertiary/aromatic N) is 2. The maximum atomic E-state index is 11.9. The summed E-state index contributed by atoms with van der Waals surface area (Å²) >= 11 is 0. The number of benzene rings is 2. The minimum Gasteiger partial charge on any atom is -0.674 e. The van der Waals surface area contributed by atoms with Gasteiger partial charge in [-0.15, -0.1) is 6.54 Å². The van der Waals surface area contributed by atoms with E-state index in [0.29, 0.717) is 13.1 Å². The Morgan fingerprint density at radius 3 is 2.04 bits per heavy atom. The summed E-state index contributed by atoms with van der Waals surface area (Å²) in [5, 5.41) is 10.6. The molecule has 6 heteroatoms. The quantitative estimate of drug-likeness (QED) is 0.585. The summed E-state index contributed by atoms with van der Waals surface area (Å²) < 4.78 is 11.9. The van der Waals surface area contributed by atoms with Gasteiger partial charge < -0.3 is 10.9 Å². The van der Waals surface area contributed by atoms with E-state index in [9.17, 15) is 9.60 Å². The first kappa shape index (κ1) is 23.5. The van der Waals surface area contributed by atoms with Gasteiger partial charge in [0.2, 0.25) is 0 Å². The van der Waals surface area contributed by atoms with E-state index in [0.717, 1.165) is 18.5 Å². The molecule has 0 bridgehead atoms. The number of nitrogens with one attached hydrogen (secondary N) is 1. The van der Waals surface area contributed by atoms with Crippen LogP contribution in [0.3, 0.4) is 0 Å². The zero-order chi connectivity index (χ0) is 18.6. The van der Waals surface area contributed by atoms with Crippen LogP contribution >= 0.6 is 0 Å². The molecular weight excluding hydrogens is 418 g/mol. The van der Waals surface area contributed by atoms with Gasteiger partial charge in [0.1, 0.15) is 5.82 Å². The molecular formula is C21H23FN3OY-. The molecule has 1 aromatic heterocycles. The Bertz CT molecular complexity index is 760. The molecule has 2 N–H and O–H groups in total.